The first-order valence-electron chi connectivity index (χ1n) is 6.88. The molecule has 1 amide bonds. The van der Waals surface area contributed by atoms with E-state index in [1.807, 2.05) is 36.4 Å². The van der Waals surface area contributed by atoms with Gasteiger partial charge in [0.1, 0.15) is 0 Å². The maximum absolute atomic E-state index is 11.9. The summed E-state index contributed by atoms with van der Waals surface area (Å²) in [6, 6.07) is 15.0. The monoisotopic (exact) mass is 309 g/mol. The molecule has 2 rings (SSSR count). The Morgan fingerprint density at radius 1 is 1.13 bits per heavy atom. The summed E-state index contributed by atoms with van der Waals surface area (Å²) in [6.07, 6.45) is 3.67. The Labute approximate surface area is 133 Å². The second-order valence-corrected chi connectivity index (χ2v) is 4.74. The summed E-state index contributed by atoms with van der Waals surface area (Å²) in [5, 5.41) is 14.5. The normalized spacial score (nSPS) is 11.4. The lowest BCUT2D eigenvalue weighted by Gasteiger charge is -2.00. The molecule has 0 bridgehead atoms. The Bertz CT molecular complexity index is 750. The minimum atomic E-state index is -0.516. The number of benzene rings is 2. The minimum Gasteiger partial charge on any atom is -0.267 e. The molecule has 0 spiro atoms. The molecule has 0 aliphatic carbocycles. The molecule has 2 aromatic carbocycles. The molecule has 0 aromatic heterocycles. The summed E-state index contributed by atoms with van der Waals surface area (Å²) < 4.78 is 0. The van der Waals surface area contributed by atoms with Gasteiger partial charge < -0.3 is 0 Å². The predicted molar refractivity (Wildman–Crippen MR) is 89.1 cm³/mol. The quantitative estimate of drug-likeness (QED) is 0.522. The highest BCUT2D eigenvalue weighted by Gasteiger charge is 2.08. The molecule has 0 aliphatic heterocycles. The number of hydrazone groups is 1. The minimum absolute atomic E-state index is 0.0629. The largest absolute Gasteiger partial charge is 0.271 e. The van der Waals surface area contributed by atoms with E-state index in [0.717, 1.165) is 5.56 Å². The zero-order valence-corrected chi connectivity index (χ0v) is 12.5. The Balaban J connectivity index is 1.97. The van der Waals surface area contributed by atoms with Crippen LogP contribution in [0.5, 0.6) is 0 Å². The van der Waals surface area contributed by atoms with Crippen molar-refractivity contribution in [2.45, 2.75) is 6.92 Å². The number of nitrogens with zero attached hydrogens (tertiary/aromatic N) is 2. The molecule has 6 heteroatoms. The first-order valence-corrected chi connectivity index (χ1v) is 6.88. The van der Waals surface area contributed by atoms with Gasteiger partial charge in [-0.1, -0.05) is 36.4 Å². The molecule has 6 nitrogen and oxygen atoms in total. The first-order chi connectivity index (χ1) is 11.1. The van der Waals surface area contributed by atoms with Gasteiger partial charge in [0.25, 0.3) is 11.6 Å². The van der Waals surface area contributed by atoms with Gasteiger partial charge in [-0.2, -0.15) is 5.10 Å². The van der Waals surface area contributed by atoms with Gasteiger partial charge >= 0.3 is 0 Å². The fourth-order valence-corrected chi connectivity index (χ4v) is 1.76. The zero-order valence-electron chi connectivity index (χ0n) is 12.5. The Hall–Kier alpha value is -3.28. The molecule has 0 atom stereocenters. The molecular formula is C17H15N3O3. The van der Waals surface area contributed by atoms with Crippen molar-refractivity contribution in [3.8, 4) is 0 Å². The lowest BCUT2D eigenvalue weighted by molar-refractivity contribution is -0.384. The molecule has 0 radical (unpaired) electrons. The fraction of sp³-hybridized carbons (Fsp3) is 0.0588. The standard InChI is InChI=1S/C17H15N3O3/c1-13(7-8-14-5-3-2-4-6-14)18-19-17(21)15-9-11-16(12-10-15)20(22)23/h2-12H,1H3,(H,19,21)/b8-7-,18-13+. The van der Waals surface area contributed by atoms with Crippen LogP contribution in [0.4, 0.5) is 5.69 Å². The van der Waals surface area contributed by atoms with E-state index in [4.69, 9.17) is 0 Å². The lowest BCUT2D eigenvalue weighted by atomic mass is 10.2. The molecule has 0 aliphatic rings. The molecule has 0 saturated carbocycles. The number of non-ortho nitro benzene ring substituents is 1. The first kappa shape index (κ1) is 16.1. The third kappa shape index (κ3) is 4.89. The van der Waals surface area contributed by atoms with E-state index in [1.54, 1.807) is 13.0 Å². The predicted octanol–water partition coefficient (Wildman–Crippen LogP) is 3.41. The van der Waals surface area contributed by atoms with Crippen LogP contribution >= 0.6 is 0 Å². The van der Waals surface area contributed by atoms with Gasteiger partial charge in [0, 0.05) is 17.7 Å². The third-order valence-electron chi connectivity index (χ3n) is 2.99. The topological polar surface area (TPSA) is 84.6 Å². The molecule has 1 N–H and O–H groups in total. The number of hydrogen-bond donors (Lipinski definition) is 1. The van der Waals surface area contributed by atoms with Crippen LogP contribution in [0.15, 0.2) is 65.8 Å². The molecule has 23 heavy (non-hydrogen) atoms. The second-order valence-electron chi connectivity index (χ2n) is 4.74. The summed E-state index contributed by atoms with van der Waals surface area (Å²) >= 11 is 0. The lowest BCUT2D eigenvalue weighted by Crippen LogP contribution is -2.18. The molecule has 116 valence electrons. The molecule has 0 fully saturated rings. The van der Waals surface area contributed by atoms with E-state index >= 15 is 0 Å². The Morgan fingerprint density at radius 3 is 2.39 bits per heavy atom. The molecule has 0 saturated heterocycles. The van der Waals surface area contributed by atoms with Crippen molar-refractivity contribution >= 4 is 23.4 Å². The number of nitrogens with one attached hydrogen (secondary N) is 1. The third-order valence-corrected chi connectivity index (χ3v) is 2.99. The van der Waals surface area contributed by atoms with Gasteiger partial charge in [-0.05, 0) is 30.7 Å². The van der Waals surface area contributed by atoms with E-state index in [-0.39, 0.29) is 5.69 Å². The summed E-state index contributed by atoms with van der Waals surface area (Å²) in [6.45, 7) is 1.76. The number of carbonyl (C=O) groups excluding carboxylic acids is 1. The maximum atomic E-state index is 11.9. The highest BCUT2D eigenvalue weighted by molar-refractivity contribution is 5.99. The Morgan fingerprint density at radius 2 is 1.78 bits per heavy atom. The fourth-order valence-electron chi connectivity index (χ4n) is 1.76. The van der Waals surface area contributed by atoms with Crippen LogP contribution in [0.1, 0.15) is 22.8 Å². The van der Waals surface area contributed by atoms with Crippen molar-refractivity contribution in [1.82, 2.24) is 5.43 Å². The molecule has 0 heterocycles. The number of nitro benzene ring substituents is 1. The van der Waals surface area contributed by atoms with Crippen molar-refractivity contribution in [1.29, 1.82) is 0 Å². The van der Waals surface area contributed by atoms with Crippen molar-refractivity contribution in [2.24, 2.45) is 5.10 Å². The number of rotatable bonds is 5. The van der Waals surface area contributed by atoms with Crippen molar-refractivity contribution in [2.75, 3.05) is 0 Å². The van der Waals surface area contributed by atoms with Gasteiger partial charge in [0.05, 0.1) is 10.6 Å². The van der Waals surface area contributed by atoms with Gasteiger partial charge in [0.15, 0.2) is 0 Å². The summed E-state index contributed by atoms with van der Waals surface area (Å²) in [5.41, 5.74) is 4.31. The summed E-state index contributed by atoms with van der Waals surface area (Å²) in [5.74, 6) is -0.424. The average Bonchev–Trinajstić information content (AvgIpc) is 2.58. The number of carbonyl (C=O) groups is 1. The number of nitro groups is 1. The average molecular weight is 309 g/mol. The van der Waals surface area contributed by atoms with E-state index in [0.29, 0.717) is 11.3 Å². The van der Waals surface area contributed by atoms with Crippen LogP contribution < -0.4 is 5.43 Å². The second kappa shape index (κ2) is 7.65. The van der Waals surface area contributed by atoms with Crippen molar-refractivity contribution in [3.05, 3.63) is 81.9 Å². The Kier molecular flexibility index (Phi) is 5.35. The van der Waals surface area contributed by atoms with Crippen LogP contribution in [0.2, 0.25) is 0 Å². The number of amides is 1. The summed E-state index contributed by atoms with van der Waals surface area (Å²) in [7, 11) is 0. The van der Waals surface area contributed by atoms with E-state index < -0.39 is 10.8 Å². The number of allylic oxidation sites excluding steroid dienone is 1. The van der Waals surface area contributed by atoms with Crippen LogP contribution in [0.25, 0.3) is 6.08 Å². The van der Waals surface area contributed by atoms with Crippen molar-refractivity contribution in [3.63, 3.8) is 0 Å². The maximum Gasteiger partial charge on any atom is 0.271 e. The van der Waals surface area contributed by atoms with Gasteiger partial charge in [-0.3, -0.25) is 14.9 Å². The van der Waals surface area contributed by atoms with Crippen LogP contribution in [-0.4, -0.2) is 16.5 Å². The molecule has 2 aromatic rings. The van der Waals surface area contributed by atoms with Gasteiger partial charge in [0.2, 0.25) is 0 Å². The van der Waals surface area contributed by atoms with E-state index in [1.165, 1.54) is 24.3 Å². The van der Waals surface area contributed by atoms with E-state index in [2.05, 4.69) is 10.5 Å². The SMILES string of the molecule is CC(/C=C\c1ccccc1)=N\NC(=O)c1ccc([N+](=O)[O-])cc1. The van der Waals surface area contributed by atoms with Crippen LogP contribution in [0.3, 0.4) is 0 Å². The molecule has 0 unspecified atom stereocenters. The highest BCUT2D eigenvalue weighted by atomic mass is 16.6. The summed E-state index contributed by atoms with van der Waals surface area (Å²) in [4.78, 5) is 21.9. The number of hydrogen-bond acceptors (Lipinski definition) is 4. The van der Waals surface area contributed by atoms with Crippen molar-refractivity contribution < 1.29 is 9.72 Å². The van der Waals surface area contributed by atoms with Gasteiger partial charge in [-0.25, -0.2) is 5.43 Å². The van der Waals surface area contributed by atoms with Gasteiger partial charge in [-0.15, -0.1) is 0 Å². The smallest absolute Gasteiger partial charge is 0.267 e. The van der Waals surface area contributed by atoms with Crippen LogP contribution in [0, 0.1) is 10.1 Å². The van der Waals surface area contributed by atoms with Crippen LogP contribution in [-0.2, 0) is 0 Å². The van der Waals surface area contributed by atoms with E-state index in [9.17, 15) is 14.9 Å². The zero-order chi connectivity index (χ0) is 16.7. The molecular weight excluding hydrogens is 294 g/mol. The highest BCUT2D eigenvalue weighted by Crippen LogP contribution is 2.11.